The third kappa shape index (κ3) is 3.57. The second-order valence-electron chi connectivity index (χ2n) is 5.98. The maximum absolute atomic E-state index is 3.70. The molecule has 1 fully saturated rings. The fraction of sp³-hybridized carbons (Fsp3) is 0.625. The summed E-state index contributed by atoms with van der Waals surface area (Å²) in [5.41, 5.74) is 1.95. The summed E-state index contributed by atoms with van der Waals surface area (Å²) < 4.78 is 0. The van der Waals surface area contributed by atoms with Gasteiger partial charge < -0.3 is 5.32 Å². The molecule has 1 aliphatic heterocycles. The Labute approximate surface area is 106 Å². The van der Waals surface area contributed by atoms with Crippen LogP contribution in [0.3, 0.4) is 0 Å². The average molecular weight is 231 g/mol. The summed E-state index contributed by atoms with van der Waals surface area (Å²) in [6.45, 7) is 6.03. The lowest BCUT2D eigenvalue weighted by atomic mass is 9.75. The van der Waals surface area contributed by atoms with E-state index in [1.54, 1.807) is 0 Å². The monoisotopic (exact) mass is 231 g/mol. The van der Waals surface area contributed by atoms with E-state index < -0.39 is 0 Å². The van der Waals surface area contributed by atoms with Crippen molar-refractivity contribution in [1.29, 1.82) is 0 Å². The molecule has 1 aromatic rings. The van der Waals surface area contributed by atoms with Gasteiger partial charge in [0.15, 0.2) is 0 Å². The van der Waals surface area contributed by atoms with Gasteiger partial charge >= 0.3 is 0 Å². The zero-order valence-electron chi connectivity index (χ0n) is 11.2. The zero-order valence-corrected chi connectivity index (χ0v) is 11.2. The summed E-state index contributed by atoms with van der Waals surface area (Å²) in [5.74, 6) is 0. The summed E-state index contributed by atoms with van der Waals surface area (Å²) in [7, 11) is 0. The molecule has 0 aromatic heterocycles. The lowest BCUT2D eigenvalue weighted by Gasteiger charge is -2.39. The van der Waals surface area contributed by atoms with E-state index >= 15 is 0 Å². The highest BCUT2D eigenvalue weighted by atomic mass is 14.9. The lowest BCUT2D eigenvalue weighted by molar-refractivity contribution is 0.169. The van der Waals surface area contributed by atoms with E-state index in [9.17, 15) is 0 Å². The minimum absolute atomic E-state index is 0.481. The predicted molar refractivity (Wildman–Crippen MR) is 74.2 cm³/mol. The smallest absolute Gasteiger partial charge is 0.0118 e. The summed E-state index contributed by atoms with van der Waals surface area (Å²) >= 11 is 0. The van der Waals surface area contributed by atoms with Crippen LogP contribution in [0.5, 0.6) is 0 Å². The zero-order chi connectivity index (χ0) is 12.1. The highest BCUT2D eigenvalue weighted by molar-refractivity contribution is 5.14. The Morgan fingerprint density at radius 3 is 2.71 bits per heavy atom. The molecule has 0 amide bonds. The van der Waals surface area contributed by atoms with Gasteiger partial charge in [-0.05, 0) is 49.6 Å². The highest BCUT2D eigenvalue weighted by Crippen LogP contribution is 2.32. The van der Waals surface area contributed by atoms with E-state index in [4.69, 9.17) is 0 Å². The van der Waals surface area contributed by atoms with Crippen molar-refractivity contribution in [1.82, 2.24) is 5.32 Å². The van der Waals surface area contributed by atoms with Gasteiger partial charge in [-0.1, -0.05) is 44.2 Å². The largest absolute Gasteiger partial charge is 0.313 e. The molecule has 2 rings (SSSR count). The summed E-state index contributed by atoms with van der Waals surface area (Å²) in [4.78, 5) is 0. The van der Waals surface area contributed by atoms with Gasteiger partial charge in [0.2, 0.25) is 0 Å². The number of nitrogens with one attached hydrogen (secondary N) is 1. The molecule has 0 aliphatic carbocycles. The first-order valence-electron chi connectivity index (χ1n) is 6.96. The minimum atomic E-state index is 0.481. The Balaban J connectivity index is 1.78. The topological polar surface area (TPSA) is 12.0 Å². The molecule has 1 N–H and O–H groups in total. The van der Waals surface area contributed by atoms with E-state index in [1.165, 1.54) is 44.2 Å². The van der Waals surface area contributed by atoms with Crippen LogP contribution in [0.4, 0.5) is 0 Å². The molecule has 0 radical (unpaired) electrons. The van der Waals surface area contributed by atoms with Crippen molar-refractivity contribution in [3.8, 4) is 0 Å². The number of hydrogen-bond donors (Lipinski definition) is 1. The third-order valence-electron chi connectivity index (χ3n) is 4.13. The van der Waals surface area contributed by atoms with Crippen LogP contribution in [0, 0.1) is 5.41 Å². The Kier molecular flexibility index (Phi) is 4.22. The van der Waals surface area contributed by atoms with Crippen molar-refractivity contribution in [3.05, 3.63) is 35.9 Å². The van der Waals surface area contributed by atoms with Crippen molar-refractivity contribution in [3.63, 3.8) is 0 Å². The van der Waals surface area contributed by atoms with Gasteiger partial charge in [0.05, 0.1) is 0 Å². The molecule has 17 heavy (non-hydrogen) atoms. The number of piperidine rings is 1. The fourth-order valence-corrected chi connectivity index (χ4v) is 2.92. The second-order valence-corrected chi connectivity index (χ2v) is 5.98. The maximum Gasteiger partial charge on any atom is 0.0118 e. The molecular weight excluding hydrogens is 206 g/mol. The van der Waals surface area contributed by atoms with Gasteiger partial charge in [-0.25, -0.2) is 0 Å². The van der Waals surface area contributed by atoms with Gasteiger partial charge in [-0.15, -0.1) is 0 Å². The maximum atomic E-state index is 3.70. The Morgan fingerprint density at radius 2 is 2.00 bits per heavy atom. The van der Waals surface area contributed by atoms with Crippen LogP contribution in [0.25, 0.3) is 0 Å². The summed E-state index contributed by atoms with van der Waals surface area (Å²) in [6.07, 6.45) is 6.53. The van der Waals surface area contributed by atoms with Crippen LogP contribution < -0.4 is 5.32 Å². The lowest BCUT2D eigenvalue weighted by Crippen LogP contribution is -2.46. The average Bonchev–Trinajstić information content (AvgIpc) is 2.32. The summed E-state index contributed by atoms with van der Waals surface area (Å²) in [6, 6.07) is 11.5. The van der Waals surface area contributed by atoms with Crippen LogP contribution in [0.1, 0.15) is 45.1 Å². The van der Waals surface area contributed by atoms with Gasteiger partial charge in [0, 0.05) is 6.04 Å². The molecule has 0 spiro atoms. The number of rotatable bonds is 4. The van der Waals surface area contributed by atoms with E-state index in [0.29, 0.717) is 11.5 Å². The van der Waals surface area contributed by atoms with Crippen molar-refractivity contribution in [2.75, 3.05) is 6.54 Å². The minimum Gasteiger partial charge on any atom is -0.313 e. The Hall–Kier alpha value is -0.820. The molecule has 1 heterocycles. The van der Waals surface area contributed by atoms with Gasteiger partial charge in [-0.2, -0.15) is 0 Å². The van der Waals surface area contributed by atoms with Crippen molar-refractivity contribution in [2.45, 2.75) is 52.0 Å². The number of aryl methyl sites for hydroxylation is 1. The SMILES string of the molecule is CC1(C)CCCNC1CCCc1ccccc1. The number of hydrogen-bond acceptors (Lipinski definition) is 1. The molecule has 1 aliphatic rings. The highest BCUT2D eigenvalue weighted by Gasteiger charge is 2.31. The van der Waals surface area contributed by atoms with Crippen LogP contribution in [0.2, 0.25) is 0 Å². The van der Waals surface area contributed by atoms with E-state index in [2.05, 4.69) is 49.5 Å². The molecule has 1 saturated heterocycles. The summed E-state index contributed by atoms with van der Waals surface area (Å²) in [5, 5.41) is 3.70. The molecule has 1 heteroatoms. The quantitative estimate of drug-likeness (QED) is 0.831. The Morgan fingerprint density at radius 1 is 1.24 bits per heavy atom. The predicted octanol–water partition coefficient (Wildman–Crippen LogP) is 3.79. The molecule has 0 bridgehead atoms. The van der Waals surface area contributed by atoms with Crippen LogP contribution in [-0.4, -0.2) is 12.6 Å². The molecule has 1 nitrogen and oxygen atoms in total. The first-order valence-corrected chi connectivity index (χ1v) is 6.96. The second kappa shape index (κ2) is 5.68. The molecule has 1 atom stereocenters. The molecule has 1 aromatic carbocycles. The van der Waals surface area contributed by atoms with Gasteiger partial charge in [-0.3, -0.25) is 0 Å². The van der Waals surface area contributed by atoms with E-state index in [-0.39, 0.29) is 0 Å². The van der Waals surface area contributed by atoms with Gasteiger partial charge in [0.1, 0.15) is 0 Å². The van der Waals surface area contributed by atoms with Crippen LogP contribution >= 0.6 is 0 Å². The molecular formula is C16H25N. The fourth-order valence-electron chi connectivity index (χ4n) is 2.92. The molecule has 0 saturated carbocycles. The standard InChI is InChI=1S/C16H25N/c1-16(2)12-7-13-17-15(16)11-6-10-14-8-4-3-5-9-14/h3-5,8-9,15,17H,6-7,10-13H2,1-2H3. The van der Waals surface area contributed by atoms with Crippen LogP contribution in [-0.2, 0) is 6.42 Å². The molecule has 94 valence electrons. The third-order valence-corrected chi connectivity index (χ3v) is 4.13. The molecule has 1 unspecified atom stereocenters. The normalized spacial score (nSPS) is 23.5. The van der Waals surface area contributed by atoms with Crippen molar-refractivity contribution < 1.29 is 0 Å². The first-order chi connectivity index (χ1) is 8.18. The Bertz CT molecular complexity index is 329. The first kappa shape index (κ1) is 12.6. The number of benzene rings is 1. The van der Waals surface area contributed by atoms with E-state index in [0.717, 1.165) is 0 Å². The van der Waals surface area contributed by atoms with Gasteiger partial charge in [0.25, 0.3) is 0 Å². The van der Waals surface area contributed by atoms with Crippen molar-refractivity contribution >= 4 is 0 Å². The van der Waals surface area contributed by atoms with Crippen molar-refractivity contribution in [2.24, 2.45) is 5.41 Å². The van der Waals surface area contributed by atoms with E-state index in [1.807, 2.05) is 0 Å². The van der Waals surface area contributed by atoms with Crippen LogP contribution in [0.15, 0.2) is 30.3 Å².